The van der Waals surface area contributed by atoms with Crippen molar-refractivity contribution in [3.8, 4) is 0 Å². The summed E-state index contributed by atoms with van der Waals surface area (Å²) in [5.74, 6) is 0.104. The Balaban J connectivity index is 2.13. The predicted molar refractivity (Wildman–Crippen MR) is 76.9 cm³/mol. The molecule has 20 heavy (non-hydrogen) atoms. The van der Waals surface area contributed by atoms with Crippen molar-refractivity contribution >= 4 is 12.0 Å². The first-order valence-corrected chi connectivity index (χ1v) is 7.51. The topological polar surface area (TPSA) is 55.6 Å². The molecule has 0 unspecified atom stereocenters. The van der Waals surface area contributed by atoms with Gasteiger partial charge < -0.3 is 14.1 Å². The van der Waals surface area contributed by atoms with E-state index in [0.29, 0.717) is 24.6 Å². The van der Waals surface area contributed by atoms with Crippen LogP contribution in [0.4, 0.5) is 6.01 Å². The predicted octanol–water partition coefficient (Wildman–Crippen LogP) is 3.26. The molecule has 1 aliphatic rings. The van der Waals surface area contributed by atoms with Crippen LogP contribution in [0.25, 0.3) is 0 Å². The number of hydrogen-bond acceptors (Lipinski definition) is 5. The van der Waals surface area contributed by atoms with Gasteiger partial charge in [0.1, 0.15) is 6.26 Å². The summed E-state index contributed by atoms with van der Waals surface area (Å²) in [6.07, 6.45) is 6.25. The lowest BCUT2D eigenvalue weighted by Gasteiger charge is -2.28. The van der Waals surface area contributed by atoms with Crippen LogP contribution in [-0.4, -0.2) is 30.1 Å². The van der Waals surface area contributed by atoms with Gasteiger partial charge in [-0.05, 0) is 25.7 Å². The number of esters is 1. The minimum atomic E-state index is -0.418. The molecule has 1 fully saturated rings. The molecule has 0 amide bonds. The number of carbonyl (C=O) groups excluding carboxylic acids is 1. The fraction of sp³-hybridized carbons (Fsp3) is 0.733. The monoisotopic (exact) mass is 280 g/mol. The van der Waals surface area contributed by atoms with Gasteiger partial charge in [0, 0.05) is 12.6 Å². The van der Waals surface area contributed by atoms with Crippen LogP contribution in [0.1, 0.15) is 56.9 Å². The molecule has 1 aliphatic carbocycles. The summed E-state index contributed by atoms with van der Waals surface area (Å²) in [6.45, 7) is 7.38. The number of oxazole rings is 1. The normalized spacial score (nSPS) is 15.8. The van der Waals surface area contributed by atoms with Crippen molar-refractivity contribution in [2.45, 2.75) is 52.5 Å². The van der Waals surface area contributed by atoms with Crippen molar-refractivity contribution in [2.24, 2.45) is 5.92 Å². The van der Waals surface area contributed by atoms with Crippen LogP contribution < -0.4 is 4.90 Å². The lowest BCUT2D eigenvalue weighted by atomic mass is 10.1. The van der Waals surface area contributed by atoms with E-state index in [4.69, 9.17) is 9.15 Å². The van der Waals surface area contributed by atoms with Crippen LogP contribution in [-0.2, 0) is 4.74 Å². The first kappa shape index (κ1) is 14.9. The molecule has 0 bridgehead atoms. The van der Waals surface area contributed by atoms with Gasteiger partial charge in [0.05, 0.1) is 6.61 Å². The Bertz CT molecular complexity index is 436. The fourth-order valence-corrected chi connectivity index (χ4v) is 2.69. The van der Waals surface area contributed by atoms with Gasteiger partial charge in [-0.2, -0.15) is 4.98 Å². The van der Waals surface area contributed by atoms with Gasteiger partial charge in [-0.3, -0.25) is 0 Å². The standard InChI is InChI=1S/C15H24N2O3/c1-4-19-14(18)13-10-20-15(16-13)17(9-11(2)3)12-7-5-6-8-12/h10-12H,4-9H2,1-3H3. The summed E-state index contributed by atoms with van der Waals surface area (Å²) in [6, 6.07) is 1.03. The number of aromatic nitrogens is 1. The van der Waals surface area contributed by atoms with Crippen LogP contribution in [0.3, 0.4) is 0 Å². The number of anilines is 1. The summed E-state index contributed by atoms with van der Waals surface area (Å²) in [7, 11) is 0. The van der Waals surface area contributed by atoms with Crippen LogP contribution in [0.2, 0.25) is 0 Å². The van der Waals surface area contributed by atoms with E-state index in [1.165, 1.54) is 31.9 Å². The maximum Gasteiger partial charge on any atom is 0.360 e. The summed E-state index contributed by atoms with van der Waals surface area (Å²) in [4.78, 5) is 18.2. The number of carbonyl (C=O) groups is 1. The van der Waals surface area contributed by atoms with Gasteiger partial charge in [0.25, 0.3) is 6.01 Å². The van der Waals surface area contributed by atoms with Gasteiger partial charge in [-0.1, -0.05) is 26.7 Å². The third-order valence-corrected chi connectivity index (χ3v) is 3.55. The number of rotatable bonds is 6. The summed E-state index contributed by atoms with van der Waals surface area (Å²) in [5.41, 5.74) is 0.258. The molecule has 1 saturated carbocycles. The molecular weight excluding hydrogens is 256 g/mol. The maximum atomic E-state index is 11.7. The van der Waals surface area contributed by atoms with Gasteiger partial charge in [-0.25, -0.2) is 4.79 Å². The molecule has 2 rings (SSSR count). The largest absolute Gasteiger partial charge is 0.461 e. The van der Waals surface area contributed by atoms with Crippen molar-refractivity contribution in [1.29, 1.82) is 0 Å². The third kappa shape index (κ3) is 3.52. The Labute approximate surface area is 120 Å². The molecule has 1 aromatic rings. The molecule has 1 heterocycles. The molecule has 5 heteroatoms. The molecule has 0 spiro atoms. The zero-order chi connectivity index (χ0) is 14.5. The van der Waals surface area contributed by atoms with Crippen molar-refractivity contribution in [2.75, 3.05) is 18.1 Å². The Kier molecular flexibility index (Phi) is 5.04. The molecule has 0 aromatic carbocycles. The second kappa shape index (κ2) is 6.77. The van der Waals surface area contributed by atoms with Gasteiger partial charge >= 0.3 is 5.97 Å². The lowest BCUT2D eigenvalue weighted by Crippen LogP contribution is -2.36. The Morgan fingerprint density at radius 3 is 2.80 bits per heavy atom. The van der Waals surface area contributed by atoms with Crippen molar-refractivity contribution in [1.82, 2.24) is 4.98 Å². The lowest BCUT2D eigenvalue weighted by molar-refractivity contribution is 0.0519. The van der Waals surface area contributed by atoms with Gasteiger partial charge in [-0.15, -0.1) is 0 Å². The molecule has 5 nitrogen and oxygen atoms in total. The maximum absolute atomic E-state index is 11.7. The molecule has 0 aliphatic heterocycles. The van der Waals surface area contributed by atoms with E-state index in [9.17, 15) is 4.79 Å². The van der Waals surface area contributed by atoms with Crippen LogP contribution >= 0.6 is 0 Å². The van der Waals surface area contributed by atoms with E-state index < -0.39 is 5.97 Å². The summed E-state index contributed by atoms with van der Waals surface area (Å²) >= 11 is 0. The highest BCUT2D eigenvalue weighted by Crippen LogP contribution is 2.28. The Hall–Kier alpha value is -1.52. The smallest absolute Gasteiger partial charge is 0.360 e. The van der Waals surface area contributed by atoms with Crippen molar-refractivity contribution in [3.05, 3.63) is 12.0 Å². The SMILES string of the molecule is CCOC(=O)c1coc(N(CC(C)C)C2CCCC2)n1. The molecule has 112 valence electrons. The van der Waals surface area contributed by atoms with E-state index in [-0.39, 0.29) is 5.69 Å². The third-order valence-electron chi connectivity index (χ3n) is 3.55. The zero-order valence-electron chi connectivity index (χ0n) is 12.6. The fourth-order valence-electron chi connectivity index (χ4n) is 2.69. The zero-order valence-corrected chi connectivity index (χ0v) is 12.6. The molecule has 0 N–H and O–H groups in total. The first-order chi connectivity index (χ1) is 9.61. The average molecular weight is 280 g/mol. The molecular formula is C15H24N2O3. The quantitative estimate of drug-likeness (QED) is 0.749. The number of ether oxygens (including phenoxy) is 1. The molecule has 0 atom stereocenters. The average Bonchev–Trinajstić information content (AvgIpc) is 3.08. The van der Waals surface area contributed by atoms with E-state index in [0.717, 1.165) is 6.54 Å². The summed E-state index contributed by atoms with van der Waals surface area (Å²) < 4.78 is 10.5. The number of hydrogen-bond donors (Lipinski definition) is 0. The van der Waals surface area contributed by atoms with E-state index in [2.05, 4.69) is 23.7 Å². The Morgan fingerprint density at radius 1 is 1.50 bits per heavy atom. The second-order valence-corrected chi connectivity index (χ2v) is 5.72. The van der Waals surface area contributed by atoms with Crippen molar-refractivity contribution in [3.63, 3.8) is 0 Å². The van der Waals surface area contributed by atoms with Crippen molar-refractivity contribution < 1.29 is 13.9 Å². The van der Waals surface area contributed by atoms with Gasteiger partial charge in [0.2, 0.25) is 0 Å². The molecule has 1 aromatic heterocycles. The molecule has 0 radical (unpaired) electrons. The van der Waals surface area contributed by atoms with Gasteiger partial charge in [0.15, 0.2) is 5.69 Å². The highest BCUT2D eigenvalue weighted by molar-refractivity contribution is 5.87. The van der Waals surface area contributed by atoms with Crippen LogP contribution in [0, 0.1) is 5.92 Å². The van der Waals surface area contributed by atoms with Crippen LogP contribution in [0.15, 0.2) is 10.7 Å². The van der Waals surface area contributed by atoms with Crippen LogP contribution in [0.5, 0.6) is 0 Å². The highest BCUT2D eigenvalue weighted by Gasteiger charge is 2.27. The molecule has 0 saturated heterocycles. The van der Waals surface area contributed by atoms with E-state index >= 15 is 0 Å². The first-order valence-electron chi connectivity index (χ1n) is 7.51. The second-order valence-electron chi connectivity index (χ2n) is 5.72. The minimum absolute atomic E-state index is 0.258. The van der Waals surface area contributed by atoms with E-state index in [1.807, 2.05) is 0 Å². The minimum Gasteiger partial charge on any atom is -0.461 e. The highest BCUT2D eigenvalue weighted by atomic mass is 16.5. The number of nitrogens with zero attached hydrogens (tertiary/aromatic N) is 2. The van der Waals surface area contributed by atoms with E-state index in [1.54, 1.807) is 6.92 Å². The summed E-state index contributed by atoms with van der Waals surface area (Å²) in [5, 5.41) is 0. The Morgan fingerprint density at radius 2 is 2.20 bits per heavy atom.